The van der Waals surface area contributed by atoms with Crippen LogP contribution >= 0.6 is 23.4 Å². The molecule has 2 N–H and O–H groups in total. The van der Waals surface area contributed by atoms with Gasteiger partial charge in [0.25, 0.3) is 5.91 Å². The molecule has 0 saturated carbocycles. The number of pyridine rings is 1. The first-order chi connectivity index (χ1) is 15.3. The van der Waals surface area contributed by atoms with Crippen molar-refractivity contribution in [3.05, 3.63) is 63.4 Å². The van der Waals surface area contributed by atoms with Crippen LogP contribution in [0.1, 0.15) is 16.8 Å². The Labute approximate surface area is 194 Å². The van der Waals surface area contributed by atoms with Crippen LogP contribution in [0.2, 0.25) is 5.02 Å². The van der Waals surface area contributed by atoms with Crippen molar-refractivity contribution in [3.63, 3.8) is 0 Å². The van der Waals surface area contributed by atoms with Crippen LogP contribution in [0, 0.1) is 6.92 Å². The minimum Gasteiger partial charge on any atom is -0.394 e. The number of nitrogens with zero attached hydrogens (tertiary/aromatic N) is 5. The normalized spacial score (nSPS) is 16.1. The fraction of sp³-hybridized carbons (Fsp3) is 0.273. The highest BCUT2D eigenvalue weighted by molar-refractivity contribution is 8.18. The zero-order chi connectivity index (χ0) is 22.8. The summed E-state index contributed by atoms with van der Waals surface area (Å²) < 4.78 is 1.84. The number of benzene rings is 1. The number of fused-ring (bicyclic) bond motifs is 1. The molecular weight excluding hydrogens is 450 g/mol. The highest BCUT2D eigenvalue weighted by Crippen LogP contribution is 2.30. The van der Waals surface area contributed by atoms with E-state index in [1.54, 1.807) is 30.4 Å². The second-order valence-corrected chi connectivity index (χ2v) is 9.01. The fourth-order valence-electron chi connectivity index (χ4n) is 3.31. The van der Waals surface area contributed by atoms with Crippen LogP contribution in [0.3, 0.4) is 0 Å². The monoisotopic (exact) mass is 471 g/mol. The van der Waals surface area contributed by atoms with E-state index in [4.69, 9.17) is 16.7 Å². The van der Waals surface area contributed by atoms with Gasteiger partial charge in [-0.3, -0.25) is 14.5 Å². The summed E-state index contributed by atoms with van der Waals surface area (Å²) in [6, 6.07) is 7.71. The van der Waals surface area contributed by atoms with E-state index < -0.39 is 6.10 Å². The Hall–Kier alpha value is -2.72. The lowest BCUT2D eigenvalue weighted by atomic mass is 10.1. The zero-order valence-electron chi connectivity index (χ0n) is 17.6. The Morgan fingerprint density at radius 2 is 2.12 bits per heavy atom. The van der Waals surface area contributed by atoms with Gasteiger partial charge in [-0.2, -0.15) is 10.1 Å². The Kier molecular flexibility index (Phi) is 6.61. The molecule has 8 nitrogen and oxygen atoms in total. The smallest absolute Gasteiger partial charge is 0.286 e. The molecule has 1 aliphatic rings. The van der Waals surface area contributed by atoms with Crippen LogP contribution in [0.15, 0.2) is 46.6 Å². The standard InChI is InChI=1S/C22H22ClN5O3S/c1-13-5-17(23)18(24-8-13)11-28-19-4-3-14(6-15(19)9-25-28)7-20-21(31)26-22(32-20)27(2)10-16(30)12-29/h3-9,16,29-30H,10-12H2,1-2H3/b20-7-. The van der Waals surface area contributed by atoms with Crippen LogP contribution in [0.5, 0.6) is 0 Å². The SMILES string of the molecule is Cc1cnc(Cn2ncc3cc(/C=C4\SC(N(C)CC(O)CO)=NC4=O)ccc32)c(Cl)c1. The molecule has 0 aliphatic carbocycles. The van der Waals surface area contributed by atoms with Crippen molar-refractivity contribution in [2.24, 2.45) is 4.99 Å². The molecule has 0 spiro atoms. The number of carbonyl (C=O) groups is 1. The number of hydrogen-bond donors (Lipinski definition) is 2. The van der Waals surface area contributed by atoms with Gasteiger partial charge in [-0.25, -0.2) is 0 Å². The second kappa shape index (κ2) is 9.41. The minimum absolute atomic E-state index is 0.188. The van der Waals surface area contributed by atoms with E-state index in [0.717, 1.165) is 27.7 Å². The van der Waals surface area contributed by atoms with Gasteiger partial charge < -0.3 is 15.1 Å². The van der Waals surface area contributed by atoms with Gasteiger partial charge in [0.1, 0.15) is 0 Å². The number of thioether (sulfide) groups is 1. The predicted octanol–water partition coefficient (Wildman–Crippen LogP) is 2.70. The highest BCUT2D eigenvalue weighted by atomic mass is 35.5. The van der Waals surface area contributed by atoms with Crippen molar-refractivity contribution in [3.8, 4) is 0 Å². The first-order valence-electron chi connectivity index (χ1n) is 9.93. The molecule has 1 aromatic carbocycles. The van der Waals surface area contributed by atoms with E-state index in [1.165, 1.54) is 11.8 Å². The fourth-order valence-corrected chi connectivity index (χ4v) is 4.47. The van der Waals surface area contributed by atoms with E-state index in [1.807, 2.05) is 35.9 Å². The summed E-state index contributed by atoms with van der Waals surface area (Å²) in [6.45, 7) is 2.24. The van der Waals surface area contributed by atoms with Gasteiger partial charge >= 0.3 is 0 Å². The number of amidine groups is 1. The number of hydrogen-bond acceptors (Lipinski definition) is 7. The van der Waals surface area contributed by atoms with E-state index in [-0.39, 0.29) is 19.1 Å². The number of rotatable bonds is 6. The molecular formula is C22H22ClN5O3S. The number of aliphatic imine (C=N–C) groups is 1. The van der Waals surface area contributed by atoms with Gasteiger partial charge in [0, 0.05) is 25.2 Å². The molecule has 32 heavy (non-hydrogen) atoms. The molecule has 0 bridgehead atoms. The lowest BCUT2D eigenvalue weighted by Crippen LogP contribution is -2.33. The van der Waals surface area contributed by atoms with Gasteiger partial charge in [0.15, 0.2) is 5.17 Å². The maximum atomic E-state index is 12.3. The summed E-state index contributed by atoms with van der Waals surface area (Å²) in [7, 11) is 1.72. The molecule has 166 valence electrons. The third-order valence-electron chi connectivity index (χ3n) is 4.95. The number of likely N-dealkylation sites (N-methyl/N-ethyl adjacent to an activating group) is 1. The highest BCUT2D eigenvalue weighted by Gasteiger charge is 2.25. The maximum Gasteiger partial charge on any atom is 0.286 e. The predicted molar refractivity (Wildman–Crippen MR) is 127 cm³/mol. The molecule has 4 rings (SSSR count). The largest absolute Gasteiger partial charge is 0.394 e. The minimum atomic E-state index is -0.893. The molecule has 1 aliphatic heterocycles. The lowest BCUT2D eigenvalue weighted by Gasteiger charge is -2.19. The third kappa shape index (κ3) is 4.86. The first-order valence-corrected chi connectivity index (χ1v) is 11.1. The topological polar surface area (TPSA) is 104 Å². The molecule has 10 heteroatoms. The Balaban J connectivity index is 1.51. The number of aryl methyl sites for hydroxylation is 1. The number of aliphatic hydroxyl groups excluding tert-OH is 2. The number of halogens is 1. The summed E-state index contributed by atoms with van der Waals surface area (Å²) in [4.78, 5) is 22.9. The van der Waals surface area contributed by atoms with Crippen LogP contribution in [-0.4, -0.2) is 67.3 Å². The second-order valence-electron chi connectivity index (χ2n) is 7.59. The number of amides is 1. The lowest BCUT2D eigenvalue weighted by molar-refractivity contribution is -0.113. The zero-order valence-corrected chi connectivity index (χ0v) is 19.1. The van der Waals surface area contributed by atoms with Gasteiger partial charge in [-0.15, -0.1) is 0 Å². The summed E-state index contributed by atoms with van der Waals surface area (Å²) in [5, 5.41) is 25.1. The molecule has 0 saturated heterocycles. The van der Waals surface area contributed by atoms with E-state index >= 15 is 0 Å². The average Bonchev–Trinajstić information content (AvgIpc) is 3.33. The van der Waals surface area contributed by atoms with Gasteiger partial charge in [-0.05, 0) is 54.1 Å². The van der Waals surface area contributed by atoms with E-state index in [2.05, 4.69) is 15.1 Å². The quantitative estimate of drug-likeness (QED) is 0.532. The average molecular weight is 472 g/mol. The van der Waals surface area contributed by atoms with Crippen LogP contribution in [0.25, 0.3) is 17.0 Å². The van der Waals surface area contributed by atoms with E-state index in [9.17, 15) is 9.90 Å². The Bertz CT molecular complexity index is 1240. The first kappa shape index (κ1) is 22.5. The van der Waals surface area contributed by atoms with Crippen LogP contribution in [0.4, 0.5) is 0 Å². The molecule has 1 unspecified atom stereocenters. The molecule has 0 fully saturated rings. The number of aliphatic hydroxyl groups is 2. The van der Waals surface area contributed by atoms with Gasteiger partial charge in [0.2, 0.25) is 0 Å². The van der Waals surface area contributed by atoms with Crippen LogP contribution in [-0.2, 0) is 11.3 Å². The maximum absolute atomic E-state index is 12.3. The van der Waals surface area contributed by atoms with Crippen LogP contribution < -0.4 is 0 Å². The summed E-state index contributed by atoms with van der Waals surface area (Å²) in [5.41, 5.74) is 3.55. The number of carbonyl (C=O) groups excluding carboxylic acids is 1. The molecule has 1 amide bonds. The van der Waals surface area contributed by atoms with Crippen molar-refractivity contribution in [1.29, 1.82) is 0 Å². The summed E-state index contributed by atoms with van der Waals surface area (Å²) in [6.07, 6.45) is 4.45. The van der Waals surface area contributed by atoms with Crippen molar-refractivity contribution >= 4 is 51.4 Å². The molecule has 3 aromatic rings. The van der Waals surface area contributed by atoms with Gasteiger partial charge in [-0.1, -0.05) is 17.7 Å². The van der Waals surface area contributed by atoms with Crippen molar-refractivity contribution in [1.82, 2.24) is 19.7 Å². The Morgan fingerprint density at radius 3 is 2.88 bits per heavy atom. The molecule has 1 atom stereocenters. The van der Waals surface area contributed by atoms with Crippen molar-refractivity contribution < 1.29 is 15.0 Å². The summed E-state index contributed by atoms with van der Waals surface area (Å²) >= 11 is 7.56. The summed E-state index contributed by atoms with van der Waals surface area (Å²) in [5.74, 6) is -0.328. The molecule has 0 radical (unpaired) electrons. The Morgan fingerprint density at radius 1 is 1.31 bits per heavy atom. The van der Waals surface area contributed by atoms with Gasteiger partial charge in [0.05, 0.1) is 46.6 Å². The number of aromatic nitrogens is 3. The van der Waals surface area contributed by atoms with E-state index in [0.29, 0.717) is 21.6 Å². The molecule has 3 heterocycles. The van der Waals surface area contributed by atoms with Crippen molar-refractivity contribution in [2.45, 2.75) is 19.6 Å². The third-order valence-corrected chi connectivity index (χ3v) is 6.37. The molecule has 2 aromatic heterocycles. The van der Waals surface area contributed by atoms with Crippen molar-refractivity contribution in [2.75, 3.05) is 20.2 Å².